The van der Waals surface area contributed by atoms with Gasteiger partial charge in [-0.2, -0.15) is 4.98 Å². The molecule has 0 amide bonds. The van der Waals surface area contributed by atoms with Crippen molar-refractivity contribution >= 4 is 18.2 Å². The Morgan fingerprint density at radius 3 is 2.82 bits per heavy atom. The highest BCUT2D eigenvalue weighted by Crippen LogP contribution is 2.21. The Kier molecular flexibility index (Phi) is 4.96. The standard InChI is InChI=1S/C11H18N4O.ClH/c1-7(2)13-10-8(3)14-9-6-12-4-5-16-11(9)15-10;/h7,12H,4-6H2,1-3H3,(H,13,15);1H. The summed E-state index contributed by atoms with van der Waals surface area (Å²) in [7, 11) is 0. The first kappa shape index (κ1) is 14.0. The number of ether oxygens (including phenoxy) is 1. The Hall–Kier alpha value is -1.07. The number of hydrogen-bond acceptors (Lipinski definition) is 5. The van der Waals surface area contributed by atoms with E-state index in [1.54, 1.807) is 0 Å². The molecule has 0 unspecified atom stereocenters. The minimum absolute atomic E-state index is 0. The zero-order chi connectivity index (χ0) is 11.5. The highest BCUT2D eigenvalue weighted by Gasteiger charge is 2.15. The molecule has 2 N–H and O–H groups in total. The van der Waals surface area contributed by atoms with Crippen LogP contribution in [0, 0.1) is 6.92 Å². The van der Waals surface area contributed by atoms with E-state index in [2.05, 4.69) is 34.4 Å². The predicted molar refractivity (Wildman–Crippen MR) is 70.0 cm³/mol. The number of nitrogens with zero attached hydrogens (tertiary/aromatic N) is 2. The van der Waals surface area contributed by atoms with Gasteiger partial charge in [0.2, 0.25) is 5.88 Å². The van der Waals surface area contributed by atoms with Crippen molar-refractivity contribution in [1.82, 2.24) is 15.3 Å². The Morgan fingerprint density at radius 2 is 2.12 bits per heavy atom. The van der Waals surface area contributed by atoms with E-state index in [1.807, 2.05) is 6.92 Å². The first-order valence-corrected chi connectivity index (χ1v) is 5.64. The molecule has 1 aliphatic heterocycles. The van der Waals surface area contributed by atoms with E-state index in [0.29, 0.717) is 18.5 Å². The average molecular weight is 259 g/mol. The molecule has 2 rings (SSSR count). The number of aromatic nitrogens is 2. The van der Waals surface area contributed by atoms with Crippen LogP contribution in [-0.4, -0.2) is 29.2 Å². The number of aryl methyl sites for hydroxylation is 1. The minimum atomic E-state index is 0. The second kappa shape index (κ2) is 6.02. The fourth-order valence-electron chi connectivity index (χ4n) is 1.62. The van der Waals surface area contributed by atoms with Gasteiger partial charge < -0.3 is 15.4 Å². The fourth-order valence-corrected chi connectivity index (χ4v) is 1.62. The largest absolute Gasteiger partial charge is 0.475 e. The molecule has 0 atom stereocenters. The Morgan fingerprint density at radius 1 is 1.35 bits per heavy atom. The van der Waals surface area contributed by atoms with Gasteiger partial charge in [0, 0.05) is 19.1 Å². The van der Waals surface area contributed by atoms with Gasteiger partial charge in [-0.15, -0.1) is 12.4 Å². The van der Waals surface area contributed by atoms with Gasteiger partial charge in [-0.3, -0.25) is 0 Å². The summed E-state index contributed by atoms with van der Waals surface area (Å²) in [5.74, 6) is 1.47. The zero-order valence-electron chi connectivity index (χ0n) is 10.4. The lowest BCUT2D eigenvalue weighted by atomic mass is 10.3. The first-order valence-electron chi connectivity index (χ1n) is 5.64. The van der Waals surface area contributed by atoms with Crippen LogP contribution in [0.3, 0.4) is 0 Å². The number of hydrogen-bond donors (Lipinski definition) is 2. The van der Waals surface area contributed by atoms with Crippen molar-refractivity contribution in [1.29, 1.82) is 0 Å². The molecular weight excluding hydrogens is 240 g/mol. The average Bonchev–Trinajstić information content (AvgIpc) is 2.42. The molecule has 0 spiro atoms. The second-order valence-corrected chi connectivity index (χ2v) is 4.23. The van der Waals surface area contributed by atoms with Crippen molar-refractivity contribution in [3.63, 3.8) is 0 Å². The van der Waals surface area contributed by atoms with E-state index >= 15 is 0 Å². The Labute approximate surface area is 108 Å². The predicted octanol–water partition coefficient (Wildman–Crippen LogP) is 1.51. The van der Waals surface area contributed by atoms with Crippen molar-refractivity contribution < 1.29 is 4.74 Å². The summed E-state index contributed by atoms with van der Waals surface area (Å²) >= 11 is 0. The van der Waals surface area contributed by atoms with E-state index < -0.39 is 0 Å². The smallest absolute Gasteiger partial charge is 0.239 e. The van der Waals surface area contributed by atoms with E-state index in [1.165, 1.54) is 0 Å². The van der Waals surface area contributed by atoms with E-state index in [0.717, 1.165) is 30.3 Å². The number of anilines is 1. The molecule has 0 aliphatic carbocycles. The first-order chi connectivity index (χ1) is 7.66. The molecule has 0 saturated carbocycles. The summed E-state index contributed by atoms with van der Waals surface area (Å²) in [5, 5.41) is 6.51. The lowest BCUT2D eigenvalue weighted by molar-refractivity contribution is 0.313. The Bertz CT molecular complexity index is 384. The number of nitrogens with one attached hydrogen (secondary N) is 2. The van der Waals surface area contributed by atoms with Gasteiger partial charge in [0.25, 0.3) is 0 Å². The van der Waals surface area contributed by atoms with Crippen LogP contribution in [0.2, 0.25) is 0 Å². The van der Waals surface area contributed by atoms with Crippen LogP contribution in [-0.2, 0) is 6.54 Å². The van der Waals surface area contributed by atoms with E-state index in [9.17, 15) is 0 Å². The molecule has 1 aromatic rings. The third kappa shape index (κ3) is 3.44. The molecule has 1 aromatic heterocycles. The highest BCUT2D eigenvalue weighted by atomic mass is 35.5. The van der Waals surface area contributed by atoms with Crippen LogP contribution in [0.4, 0.5) is 5.82 Å². The molecule has 0 aromatic carbocycles. The van der Waals surface area contributed by atoms with Crippen molar-refractivity contribution in [2.75, 3.05) is 18.5 Å². The molecule has 96 valence electrons. The van der Waals surface area contributed by atoms with Crippen LogP contribution in [0.1, 0.15) is 25.2 Å². The van der Waals surface area contributed by atoms with Crippen LogP contribution in [0.5, 0.6) is 5.88 Å². The van der Waals surface area contributed by atoms with Gasteiger partial charge in [-0.05, 0) is 20.8 Å². The monoisotopic (exact) mass is 258 g/mol. The molecule has 0 bridgehead atoms. The molecule has 17 heavy (non-hydrogen) atoms. The van der Waals surface area contributed by atoms with Crippen LogP contribution >= 0.6 is 12.4 Å². The topological polar surface area (TPSA) is 59.1 Å². The molecule has 0 radical (unpaired) electrons. The lowest BCUT2D eigenvalue weighted by Gasteiger charge is -2.13. The summed E-state index contributed by atoms with van der Waals surface area (Å²) in [6.45, 7) is 8.33. The zero-order valence-corrected chi connectivity index (χ0v) is 11.2. The molecule has 1 aliphatic rings. The van der Waals surface area contributed by atoms with Gasteiger partial charge in [0.05, 0.1) is 5.69 Å². The number of rotatable bonds is 2. The van der Waals surface area contributed by atoms with Crippen molar-refractivity contribution in [2.24, 2.45) is 0 Å². The van der Waals surface area contributed by atoms with Gasteiger partial charge >= 0.3 is 0 Å². The van der Waals surface area contributed by atoms with Gasteiger partial charge in [-0.1, -0.05) is 0 Å². The molecule has 5 nitrogen and oxygen atoms in total. The van der Waals surface area contributed by atoms with Crippen LogP contribution in [0.15, 0.2) is 0 Å². The SMILES string of the molecule is Cc1nc2c(nc1NC(C)C)OCCNC2.Cl. The summed E-state index contributed by atoms with van der Waals surface area (Å²) in [5.41, 5.74) is 1.81. The maximum Gasteiger partial charge on any atom is 0.239 e. The van der Waals surface area contributed by atoms with Crippen LogP contribution in [0.25, 0.3) is 0 Å². The summed E-state index contributed by atoms with van der Waals surface area (Å²) in [4.78, 5) is 8.99. The molecular formula is C11H19ClN4O. The third-order valence-corrected chi connectivity index (χ3v) is 2.34. The number of halogens is 1. The maximum absolute atomic E-state index is 5.55. The maximum atomic E-state index is 5.55. The van der Waals surface area contributed by atoms with Crippen molar-refractivity contribution in [3.8, 4) is 5.88 Å². The summed E-state index contributed by atoms with van der Waals surface area (Å²) < 4.78 is 5.55. The molecule has 0 saturated heterocycles. The van der Waals surface area contributed by atoms with Gasteiger partial charge in [-0.25, -0.2) is 4.98 Å². The quantitative estimate of drug-likeness (QED) is 0.842. The number of fused-ring (bicyclic) bond motifs is 1. The van der Waals surface area contributed by atoms with Crippen LogP contribution < -0.4 is 15.4 Å². The summed E-state index contributed by atoms with van der Waals surface area (Å²) in [6, 6.07) is 0.343. The fraction of sp³-hybridized carbons (Fsp3) is 0.636. The van der Waals surface area contributed by atoms with Gasteiger partial charge in [0.15, 0.2) is 5.82 Å². The third-order valence-electron chi connectivity index (χ3n) is 2.34. The summed E-state index contributed by atoms with van der Waals surface area (Å²) in [6.07, 6.45) is 0. The van der Waals surface area contributed by atoms with Crippen molar-refractivity contribution in [3.05, 3.63) is 11.4 Å². The Balaban J connectivity index is 0.00000144. The molecule has 2 heterocycles. The normalized spacial score (nSPS) is 14.4. The highest BCUT2D eigenvalue weighted by molar-refractivity contribution is 5.85. The van der Waals surface area contributed by atoms with Gasteiger partial charge in [0.1, 0.15) is 12.3 Å². The lowest BCUT2D eigenvalue weighted by Crippen LogP contribution is -2.16. The second-order valence-electron chi connectivity index (χ2n) is 4.23. The van der Waals surface area contributed by atoms with E-state index in [4.69, 9.17) is 4.74 Å². The minimum Gasteiger partial charge on any atom is -0.475 e. The molecule has 6 heteroatoms. The van der Waals surface area contributed by atoms with E-state index in [-0.39, 0.29) is 12.4 Å². The van der Waals surface area contributed by atoms with Crippen molar-refractivity contribution in [2.45, 2.75) is 33.4 Å². The molecule has 0 fully saturated rings.